The summed E-state index contributed by atoms with van der Waals surface area (Å²) in [5, 5.41) is 5.26. The number of amides is 3. The minimum absolute atomic E-state index is 0.00490. The number of piperidine rings is 1. The Morgan fingerprint density at radius 2 is 1.78 bits per heavy atom. The van der Waals surface area contributed by atoms with Crippen LogP contribution < -0.4 is 10.6 Å². The Kier molecular flexibility index (Phi) is 7.64. The fourth-order valence-corrected chi connectivity index (χ4v) is 3.35. The molecule has 1 saturated heterocycles. The van der Waals surface area contributed by atoms with Crippen molar-refractivity contribution in [3.05, 3.63) is 30.3 Å². The monoisotopic (exact) mass is 375 g/mol. The first-order chi connectivity index (χ1) is 12.9. The van der Waals surface area contributed by atoms with Crippen LogP contribution >= 0.6 is 0 Å². The van der Waals surface area contributed by atoms with Crippen molar-refractivity contribution >= 4 is 23.6 Å². The molecule has 0 saturated carbocycles. The van der Waals surface area contributed by atoms with Gasteiger partial charge < -0.3 is 20.3 Å². The summed E-state index contributed by atoms with van der Waals surface area (Å²) in [5.74, 6) is -0.661. The summed E-state index contributed by atoms with van der Waals surface area (Å²) in [6.07, 6.45) is 2.23. The molecule has 148 valence electrons. The van der Waals surface area contributed by atoms with Crippen LogP contribution in [-0.4, -0.2) is 47.5 Å². The lowest BCUT2D eigenvalue weighted by Crippen LogP contribution is -2.51. The molecule has 1 aliphatic rings. The number of carbonyl (C=O) groups excluding carboxylic acids is 3. The number of likely N-dealkylation sites (tertiary alicyclic amines) is 1. The van der Waals surface area contributed by atoms with E-state index in [2.05, 4.69) is 10.6 Å². The lowest BCUT2D eigenvalue weighted by molar-refractivity contribution is -0.162. The molecule has 0 unspecified atom stereocenters. The molecule has 27 heavy (non-hydrogen) atoms. The Morgan fingerprint density at radius 1 is 1.15 bits per heavy atom. The van der Waals surface area contributed by atoms with Crippen LogP contribution in [0.3, 0.4) is 0 Å². The summed E-state index contributed by atoms with van der Waals surface area (Å²) in [4.78, 5) is 38.2. The Labute approximate surface area is 160 Å². The molecule has 7 heteroatoms. The van der Waals surface area contributed by atoms with Gasteiger partial charge in [0.1, 0.15) is 0 Å². The smallest absolute Gasteiger partial charge is 0.319 e. The third kappa shape index (κ3) is 6.27. The molecular weight excluding hydrogens is 346 g/mol. The second-order valence-electron chi connectivity index (χ2n) is 7.00. The number of carbonyl (C=O) groups is 3. The third-order valence-corrected chi connectivity index (χ3v) is 4.75. The molecule has 0 radical (unpaired) electrons. The van der Waals surface area contributed by atoms with Crippen molar-refractivity contribution < 1.29 is 19.1 Å². The van der Waals surface area contributed by atoms with Crippen molar-refractivity contribution in [3.8, 4) is 0 Å². The molecular formula is C20H29N3O4. The SMILES string of the molecule is C[C@@H]1CCC[C@H](C)N1C(=O)[C@@H](C)OC(=O)CCNC(=O)Nc1ccccc1. The Hall–Kier alpha value is -2.57. The largest absolute Gasteiger partial charge is 0.452 e. The average Bonchev–Trinajstić information content (AvgIpc) is 2.62. The summed E-state index contributed by atoms with van der Waals surface area (Å²) in [5.41, 5.74) is 0.668. The fourth-order valence-electron chi connectivity index (χ4n) is 3.35. The average molecular weight is 375 g/mol. The molecule has 2 N–H and O–H groups in total. The van der Waals surface area contributed by atoms with Gasteiger partial charge in [0, 0.05) is 24.3 Å². The number of benzene rings is 1. The minimum atomic E-state index is -0.821. The molecule has 7 nitrogen and oxygen atoms in total. The molecule has 2 rings (SSSR count). The van der Waals surface area contributed by atoms with Crippen LogP contribution in [0.25, 0.3) is 0 Å². The highest BCUT2D eigenvalue weighted by Crippen LogP contribution is 2.23. The number of nitrogens with zero attached hydrogens (tertiary/aromatic N) is 1. The van der Waals surface area contributed by atoms with Crippen molar-refractivity contribution in [3.63, 3.8) is 0 Å². The van der Waals surface area contributed by atoms with Crippen LogP contribution in [-0.2, 0) is 14.3 Å². The number of para-hydroxylation sites is 1. The molecule has 0 aliphatic carbocycles. The van der Waals surface area contributed by atoms with E-state index >= 15 is 0 Å². The zero-order valence-electron chi connectivity index (χ0n) is 16.2. The van der Waals surface area contributed by atoms with Crippen LogP contribution in [0, 0.1) is 0 Å². The molecule has 1 fully saturated rings. The number of nitrogens with one attached hydrogen (secondary N) is 2. The lowest BCUT2D eigenvalue weighted by atomic mass is 9.97. The molecule has 0 aromatic heterocycles. The Bertz CT molecular complexity index is 640. The minimum Gasteiger partial charge on any atom is -0.452 e. The number of ether oxygens (including phenoxy) is 1. The maximum absolute atomic E-state index is 12.6. The Balaban J connectivity index is 1.71. The maximum atomic E-state index is 12.6. The molecule has 1 aromatic rings. The van der Waals surface area contributed by atoms with Gasteiger partial charge in [0.15, 0.2) is 6.10 Å². The fraction of sp³-hybridized carbons (Fsp3) is 0.550. The number of urea groups is 1. The van der Waals surface area contributed by atoms with E-state index in [1.54, 1.807) is 19.1 Å². The first-order valence-corrected chi connectivity index (χ1v) is 9.50. The van der Waals surface area contributed by atoms with Crippen LogP contribution in [0.4, 0.5) is 10.5 Å². The molecule has 0 spiro atoms. The molecule has 1 aliphatic heterocycles. The maximum Gasteiger partial charge on any atom is 0.319 e. The van der Waals surface area contributed by atoms with Gasteiger partial charge in [-0.05, 0) is 52.2 Å². The van der Waals surface area contributed by atoms with E-state index in [-0.39, 0.29) is 31.0 Å². The van der Waals surface area contributed by atoms with Gasteiger partial charge >= 0.3 is 12.0 Å². The summed E-state index contributed by atoms with van der Waals surface area (Å²) in [7, 11) is 0. The van der Waals surface area contributed by atoms with Gasteiger partial charge in [0.2, 0.25) is 0 Å². The van der Waals surface area contributed by atoms with Crippen LogP contribution in [0.1, 0.15) is 46.5 Å². The highest BCUT2D eigenvalue weighted by molar-refractivity contribution is 5.89. The third-order valence-electron chi connectivity index (χ3n) is 4.75. The van der Waals surface area contributed by atoms with E-state index in [1.165, 1.54) is 0 Å². The number of hydrogen-bond acceptors (Lipinski definition) is 4. The summed E-state index contributed by atoms with van der Waals surface area (Å²) in [6.45, 7) is 5.79. The van der Waals surface area contributed by atoms with Gasteiger partial charge in [-0.15, -0.1) is 0 Å². The zero-order chi connectivity index (χ0) is 19.8. The van der Waals surface area contributed by atoms with E-state index in [9.17, 15) is 14.4 Å². The van der Waals surface area contributed by atoms with Gasteiger partial charge in [-0.3, -0.25) is 9.59 Å². The van der Waals surface area contributed by atoms with Crippen LogP contribution in [0.2, 0.25) is 0 Å². The molecule has 3 atom stereocenters. The van der Waals surface area contributed by atoms with Gasteiger partial charge in [0.25, 0.3) is 5.91 Å². The van der Waals surface area contributed by atoms with E-state index in [0.29, 0.717) is 5.69 Å². The number of esters is 1. The van der Waals surface area contributed by atoms with Crippen molar-refractivity contribution in [1.29, 1.82) is 0 Å². The summed E-state index contributed by atoms with van der Waals surface area (Å²) in [6, 6.07) is 8.94. The topological polar surface area (TPSA) is 87.7 Å². The Morgan fingerprint density at radius 3 is 2.41 bits per heavy atom. The predicted molar refractivity (Wildman–Crippen MR) is 103 cm³/mol. The second-order valence-corrected chi connectivity index (χ2v) is 7.00. The van der Waals surface area contributed by atoms with Crippen molar-refractivity contribution in [2.45, 2.75) is 64.6 Å². The standard InChI is InChI=1S/C20H29N3O4/c1-14-8-7-9-15(2)23(14)19(25)16(3)27-18(24)12-13-21-20(26)22-17-10-5-4-6-11-17/h4-6,10-11,14-16H,7-9,12-13H2,1-3H3,(H2,21,22,26)/t14-,15+,16-/m1/s1. The van der Waals surface area contributed by atoms with Crippen LogP contribution in [0.5, 0.6) is 0 Å². The molecule has 1 heterocycles. The molecule has 1 aromatic carbocycles. The van der Waals surface area contributed by atoms with E-state index in [0.717, 1.165) is 19.3 Å². The van der Waals surface area contributed by atoms with E-state index in [1.807, 2.05) is 36.9 Å². The molecule has 0 bridgehead atoms. The zero-order valence-corrected chi connectivity index (χ0v) is 16.2. The van der Waals surface area contributed by atoms with Crippen molar-refractivity contribution in [2.24, 2.45) is 0 Å². The lowest BCUT2D eigenvalue weighted by Gasteiger charge is -2.40. The van der Waals surface area contributed by atoms with E-state index in [4.69, 9.17) is 4.74 Å². The molecule has 3 amide bonds. The summed E-state index contributed by atoms with van der Waals surface area (Å²) >= 11 is 0. The first-order valence-electron chi connectivity index (χ1n) is 9.50. The predicted octanol–water partition coefficient (Wildman–Crippen LogP) is 2.92. The number of rotatable bonds is 6. The van der Waals surface area contributed by atoms with E-state index < -0.39 is 18.1 Å². The number of anilines is 1. The number of hydrogen-bond donors (Lipinski definition) is 2. The highest BCUT2D eigenvalue weighted by Gasteiger charge is 2.33. The van der Waals surface area contributed by atoms with Gasteiger partial charge in [-0.1, -0.05) is 18.2 Å². The highest BCUT2D eigenvalue weighted by atomic mass is 16.5. The first kappa shape index (κ1) is 20.7. The van der Waals surface area contributed by atoms with Gasteiger partial charge in [-0.25, -0.2) is 4.79 Å². The quantitative estimate of drug-likeness (QED) is 0.749. The van der Waals surface area contributed by atoms with Crippen LogP contribution in [0.15, 0.2) is 30.3 Å². The second kappa shape index (κ2) is 9.94. The van der Waals surface area contributed by atoms with Crippen molar-refractivity contribution in [1.82, 2.24) is 10.2 Å². The normalized spacial score (nSPS) is 20.5. The van der Waals surface area contributed by atoms with Gasteiger partial charge in [-0.2, -0.15) is 0 Å². The van der Waals surface area contributed by atoms with Gasteiger partial charge in [0.05, 0.1) is 6.42 Å². The summed E-state index contributed by atoms with van der Waals surface area (Å²) < 4.78 is 5.26. The van der Waals surface area contributed by atoms with Crippen molar-refractivity contribution in [2.75, 3.05) is 11.9 Å².